The van der Waals surface area contributed by atoms with E-state index in [1.54, 1.807) is 11.1 Å². The molecule has 2 aliphatic rings. The molecule has 25 heavy (non-hydrogen) atoms. The molecule has 0 spiro atoms. The zero-order chi connectivity index (χ0) is 17.6. The normalized spacial score (nSPS) is 21.3. The summed E-state index contributed by atoms with van der Waals surface area (Å²) in [5.41, 5.74) is 1.10. The van der Waals surface area contributed by atoms with Gasteiger partial charge in [0.15, 0.2) is 0 Å². The van der Waals surface area contributed by atoms with Crippen LogP contribution in [0.4, 0.5) is 5.69 Å². The van der Waals surface area contributed by atoms with E-state index in [9.17, 15) is 9.59 Å². The fraction of sp³-hybridized carbons (Fsp3) is 0.611. The molecule has 7 heteroatoms. The Morgan fingerprint density at radius 3 is 2.68 bits per heavy atom. The Bertz CT molecular complexity index is 587. The van der Waals surface area contributed by atoms with Gasteiger partial charge in [-0.15, -0.1) is 0 Å². The molecule has 7 nitrogen and oxygen atoms in total. The van der Waals surface area contributed by atoms with Gasteiger partial charge in [0.25, 0.3) is 0 Å². The summed E-state index contributed by atoms with van der Waals surface area (Å²) in [5, 5.41) is 0. The number of hydrogen-bond acceptors (Lipinski definition) is 5. The van der Waals surface area contributed by atoms with Crippen molar-refractivity contribution in [3.8, 4) is 0 Å². The lowest BCUT2D eigenvalue weighted by Crippen LogP contribution is -2.53. The lowest BCUT2D eigenvalue weighted by molar-refractivity contribution is -0.142. The number of carbonyl (C=O) groups is 2. The third kappa shape index (κ3) is 4.28. The Morgan fingerprint density at radius 1 is 1.20 bits per heavy atom. The number of piperazine rings is 1. The number of carbonyl (C=O) groups excluding carboxylic acids is 2. The average Bonchev–Trinajstić information content (AvgIpc) is 2.68. The number of piperidine rings is 1. The van der Waals surface area contributed by atoms with E-state index >= 15 is 0 Å². The van der Waals surface area contributed by atoms with Crippen molar-refractivity contribution < 1.29 is 14.3 Å². The van der Waals surface area contributed by atoms with Gasteiger partial charge in [-0.3, -0.25) is 14.6 Å². The van der Waals surface area contributed by atoms with E-state index in [0.29, 0.717) is 6.54 Å². The van der Waals surface area contributed by atoms with E-state index < -0.39 is 0 Å². The van der Waals surface area contributed by atoms with E-state index in [4.69, 9.17) is 4.74 Å². The number of pyridine rings is 1. The largest absolute Gasteiger partial charge is 0.375 e. The van der Waals surface area contributed by atoms with Crippen LogP contribution in [0.5, 0.6) is 0 Å². The van der Waals surface area contributed by atoms with Crippen LogP contribution in [0.1, 0.15) is 12.8 Å². The number of anilines is 1. The summed E-state index contributed by atoms with van der Waals surface area (Å²) < 4.78 is 4.93. The van der Waals surface area contributed by atoms with Crippen molar-refractivity contribution in [3.05, 3.63) is 24.5 Å². The van der Waals surface area contributed by atoms with Gasteiger partial charge in [-0.2, -0.15) is 0 Å². The van der Waals surface area contributed by atoms with Crippen molar-refractivity contribution in [2.45, 2.75) is 12.8 Å². The standard InChI is InChI=1S/C18H26N4O3/c1-25-14-17(23)22-7-3-4-15(13-22)18(24)21-10-8-20(9-11-21)16-5-2-6-19-12-16/h2,5-6,12,15H,3-4,7-11,13-14H2,1H3/t15-/m0/s1. The van der Waals surface area contributed by atoms with Crippen molar-refractivity contribution in [1.82, 2.24) is 14.8 Å². The Balaban J connectivity index is 1.53. The summed E-state index contributed by atoms with van der Waals surface area (Å²) in [6.07, 6.45) is 5.36. The molecule has 3 rings (SSSR count). The number of nitrogens with zero attached hydrogens (tertiary/aromatic N) is 4. The second kappa shape index (κ2) is 8.29. The minimum atomic E-state index is -0.0838. The Labute approximate surface area is 148 Å². The first kappa shape index (κ1) is 17.7. The maximum atomic E-state index is 12.8. The Morgan fingerprint density at radius 2 is 2.00 bits per heavy atom. The smallest absolute Gasteiger partial charge is 0.248 e. The van der Waals surface area contributed by atoms with E-state index in [1.165, 1.54) is 7.11 Å². The van der Waals surface area contributed by atoms with E-state index in [2.05, 4.69) is 9.88 Å². The molecular formula is C18H26N4O3. The average molecular weight is 346 g/mol. The molecular weight excluding hydrogens is 320 g/mol. The van der Waals surface area contributed by atoms with Crippen LogP contribution in [0.25, 0.3) is 0 Å². The molecule has 0 radical (unpaired) electrons. The first-order valence-corrected chi connectivity index (χ1v) is 8.89. The topological polar surface area (TPSA) is 66.0 Å². The molecule has 0 aliphatic carbocycles. The van der Waals surface area contributed by atoms with Gasteiger partial charge in [0.05, 0.1) is 17.8 Å². The molecule has 0 N–H and O–H groups in total. The van der Waals surface area contributed by atoms with Gasteiger partial charge in [-0.1, -0.05) is 0 Å². The van der Waals surface area contributed by atoms with Gasteiger partial charge in [-0.05, 0) is 25.0 Å². The first-order chi connectivity index (χ1) is 12.2. The zero-order valence-corrected chi connectivity index (χ0v) is 14.8. The van der Waals surface area contributed by atoms with Crippen LogP contribution in [0.15, 0.2) is 24.5 Å². The van der Waals surface area contributed by atoms with Crippen LogP contribution in [0.3, 0.4) is 0 Å². The Hall–Kier alpha value is -2.15. The SMILES string of the molecule is COCC(=O)N1CCC[C@H](C(=O)N2CCN(c3cccnc3)CC2)C1. The molecule has 2 saturated heterocycles. The van der Waals surface area contributed by atoms with Gasteiger partial charge < -0.3 is 19.4 Å². The molecule has 136 valence electrons. The van der Waals surface area contributed by atoms with Crippen LogP contribution in [-0.4, -0.2) is 79.6 Å². The molecule has 0 bridgehead atoms. The molecule has 0 aromatic carbocycles. The number of aromatic nitrogens is 1. The molecule has 2 aliphatic heterocycles. The van der Waals surface area contributed by atoms with Crippen molar-refractivity contribution in [2.24, 2.45) is 5.92 Å². The fourth-order valence-electron chi connectivity index (χ4n) is 3.60. The van der Waals surface area contributed by atoms with E-state index in [-0.39, 0.29) is 24.3 Å². The van der Waals surface area contributed by atoms with E-state index in [1.807, 2.05) is 23.2 Å². The molecule has 1 atom stereocenters. The molecule has 2 fully saturated rings. The second-order valence-electron chi connectivity index (χ2n) is 6.64. The fourth-order valence-corrected chi connectivity index (χ4v) is 3.60. The third-order valence-corrected chi connectivity index (χ3v) is 4.99. The summed E-state index contributed by atoms with van der Waals surface area (Å²) in [4.78, 5) is 35.0. The van der Waals surface area contributed by atoms with Crippen molar-refractivity contribution in [3.63, 3.8) is 0 Å². The van der Waals surface area contributed by atoms with Crippen LogP contribution < -0.4 is 4.90 Å². The molecule has 0 saturated carbocycles. The van der Waals surface area contributed by atoms with Crippen LogP contribution in [0, 0.1) is 5.92 Å². The van der Waals surface area contributed by atoms with Gasteiger partial charge >= 0.3 is 0 Å². The number of methoxy groups -OCH3 is 1. The van der Waals surface area contributed by atoms with Gasteiger partial charge in [-0.25, -0.2) is 0 Å². The highest BCUT2D eigenvalue weighted by Crippen LogP contribution is 2.21. The summed E-state index contributed by atoms with van der Waals surface area (Å²) in [7, 11) is 1.52. The predicted octanol–water partition coefficient (Wildman–Crippen LogP) is 0.615. The van der Waals surface area contributed by atoms with Crippen LogP contribution in [-0.2, 0) is 14.3 Å². The second-order valence-corrected chi connectivity index (χ2v) is 6.64. The van der Waals surface area contributed by atoms with Crippen molar-refractivity contribution in [2.75, 3.05) is 57.9 Å². The zero-order valence-electron chi connectivity index (χ0n) is 14.8. The highest BCUT2D eigenvalue weighted by molar-refractivity contribution is 5.82. The number of amides is 2. The van der Waals surface area contributed by atoms with Crippen LogP contribution >= 0.6 is 0 Å². The minimum Gasteiger partial charge on any atom is -0.375 e. The maximum Gasteiger partial charge on any atom is 0.248 e. The molecule has 1 aromatic rings. The number of ether oxygens (including phenoxy) is 1. The summed E-state index contributed by atoms with van der Waals surface area (Å²) >= 11 is 0. The lowest BCUT2D eigenvalue weighted by Gasteiger charge is -2.39. The van der Waals surface area contributed by atoms with Crippen molar-refractivity contribution in [1.29, 1.82) is 0 Å². The van der Waals surface area contributed by atoms with Gasteiger partial charge in [0, 0.05) is 52.6 Å². The Kier molecular flexibility index (Phi) is 5.86. The van der Waals surface area contributed by atoms with Crippen molar-refractivity contribution >= 4 is 17.5 Å². The van der Waals surface area contributed by atoms with Crippen LogP contribution in [0.2, 0.25) is 0 Å². The summed E-state index contributed by atoms with van der Waals surface area (Å²) in [6, 6.07) is 3.98. The van der Waals surface area contributed by atoms with E-state index in [0.717, 1.165) is 51.3 Å². The maximum absolute atomic E-state index is 12.8. The predicted molar refractivity (Wildman–Crippen MR) is 94.2 cm³/mol. The molecule has 0 unspecified atom stereocenters. The first-order valence-electron chi connectivity index (χ1n) is 8.89. The minimum absolute atomic E-state index is 0.0265. The quantitative estimate of drug-likeness (QED) is 0.799. The highest BCUT2D eigenvalue weighted by Gasteiger charge is 2.32. The highest BCUT2D eigenvalue weighted by atomic mass is 16.5. The van der Waals surface area contributed by atoms with Gasteiger partial charge in [0.2, 0.25) is 11.8 Å². The summed E-state index contributed by atoms with van der Waals surface area (Å²) in [5.74, 6) is 0.0710. The molecule has 1 aromatic heterocycles. The van der Waals surface area contributed by atoms with Gasteiger partial charge in [0.1, 0.15) is 6.61 Å². The monoisotopic (exact) mass is 346 g/mol. The lowest BCUT2D eigenvalue weighted by atomic mass is 9.96. The third-order valence-electron chi connectivity index (χ3n) is 4.99. The number of rotatable bonds is 4. The molecule has 3 heterocycles. The molecule has 2 amide bonds. The number of hydrogen-bond donors (Lipinski definition) is 0. The number of likely N-dealkylation sites (tertiary alicyclic amines) is 1. The summed E-state index contributed by atoms with van der Waals surface area (Å²) in [6.45, 7) is 4.40.